The van der Waals surface area contributed by atoms with Gasteiger partial charge in [-0.2, -0.15) is 5.10 Å². The van der Waals surface area contributed by atoms with E-state index in [0.717, 1.165) is 31.9 Å². The van der Waals surface area contributed by atoms with Gasteiger partial charge in [-0.05, 0) is 30.5 Å². The van der Waals surface area contributed by atoms with E-state index in [1.165, 1.54) is 31.6 Å². The predicted molar refractivity (Wildman–Crippen MR) is 122 cm³/mol. The molecule has 2 fully saturated rings. The second-order valence-corrected chi connectivity index (χ2v) is 8.55. The van der Waals surface area contributed by atoms with E-state index < -0.39 is 5.82 Å². The molecule has 2 aromatic heterocycles. The highest BCUT2D eigenvalue weighted by Crippen LogP contribution is 2.51. The van der Waals surface area contributed by atoms with Crippen LogP contribution in [-0.2, 0) is 10.3 Å². The molecular weight excluding hydrogens is 421 g/mol. The number of fused-ring (bicyclic) bond motifs is 1. The van der Waals surface area contributed by atoms with E-state index in [0.29, 0.717) is 22.5 Å². The Labute approximate surface area is 190 Å². The molecular formula is C25H24FN5O2. The van der Waals surface area contributed by atoms with E-state index in [1.807, 2.05) is 0 Å². The van der Waals surface area contributed by atoms with Gasteiger partial charge < -0.3 is 9.47 Å². The largest absolute Gasteiger partial charge is 0.496 e. The highest BCUT2D eigenvalue weighted by Gasteiger charge is 2.49. The van der Waals surface area contributed by atoms with Crippen molar-refractivity contribution in [3.63, 3.8) is 0 Å². The molecule has 0 unspecified atom stereocenters. The van der Waals surface area contributed by atoms with Crippen molar-refractivity contribution >= 4 is 11.0 Å². The molecule has 168 valence electrons. The average Bonchev–Trinajstić information content (AvgIpc) is 3.58. The van der Waals surface area contributed by atoms with E-state index >= 15 is 0 Å². The fourth-order valence-corrected chi connectivity index (χ4v) is 4.86. The summed E-state index contributed by atoms with van der Waals surface area (Å²) < 4.78 is 25.5. The topological polar surface area (TPSA) is 76.2 Å². The van der Waals surface area contributed by atoms with Crippen molar-refractivity contribution < 1.29 is 13.9 Å². The number of hydrogen-bond donors (Lipinski definition) is 1. The molecule has 1 saturated carbocycles. The lowest BCUT2D eigenvalue weighted by Gasteiger charge is -2.35. The highest BCUT2D eigenvalue weighted by atomic mass is 19.1. The molecule has 1 aliphatic carbocycles. The van der Waals surface area contributed by atoms with Crippen molar-refractivity contribution in [1.29, 1.82) is 0 Å². The summed E-state index contributed by atoms with van der Waals surface area (Å²) in [6.45, 7) is 3.55. The Balaban J connectivity index is 1.36. The van der Waals surface area contributed by atoms with Gasteiger partial charge in [-0.3, -0.25) is 10.00 Å². The molecule has 2 aromatic carbocycles. The molecule has 0 atom stereocenters. The van der Waals surface area contributed by atoms with E-state index in [4.69, 9.17) is 9.47 Å². The van der Waals surface area contributed by atoms with Gasteiger partial charge in [-0.1, -0.05) is 30.3 Å². The first-order valence-electron chi connectivity index (χ1n) is 11.2. The zero-order chi connectivity index (χ0) is 22.4. The molecule has 1 saturated heterocycles. The van der Waals surface area contributed by atoms with Gasteiger partial charge in [0.05, 0.1) is 32.1 Å². The van der Waals surface area contributed by atoms with Crippen LogP contribution in [0.2, 0.25) is 0 Å². The maximum atomic E-state index is 14.6. The molecule has 2 aliphatic rings. The molecule has 1 aliphatic heterocycles. The molecule has 33 heavy (non-hydrogen) atoms. The van der Waals surface area contributed by atoms with Crippen LogP contribution >= 0.6 is 0 Å². The zero-order valence-corrected chi connectivity index (χ0v) is 18.3. The van der Waals surface area contributed by atoms with Crippen LogP contribution in [0.1, 0.15) is 18.4 Å². The van der Waals surface area contributed by atoms with Crippen LogP contribution < -0.4 is 4.74 Å². The van der Waals surface area contributed by atoms with Crippen LogP contribution in [0.25, 0.3) is 33.7 Å². The van der Waals surface area contributed by atoms with Crippen LogP contribution in [-0.4, -0.2) is 58.5 Å². The first kappa shape index (κ1) is 20.3. The third-order valence-corrected chi connectivity index (χ3v) is 6.76. The Kier molecular flexibility index (Phi) is 4.85. The van der Waals surface area contributed by atoms with Crippen LogP contribution in [0.5, 0.6) is 5.75 Å². The molecule has 0 spiro atoms. The predicted octanol–water partition coefficient (Wildman–Crippen LogP) is 4.16. The van der Waals surface area contributed by atoms with Crippen molar-refractivity contribution in [3.8, 4) is 28.4 Å². The van der Waals surface area contributed by atoms with Gasteiger partial charge in [0.2, 0.25) is 0 Å². The summed E-state index contributed by atoms with van der Waals surface area (Å²) in [4.78, 5) is 11.6. The number of nitrogens with one attached hydrogen (secondary N) is 1. The van der Waals surface area contributed by atoms with Crippen molar-refractivity contribution in [2.75, 3.05) is 33.4 Å². The number of H-pyrrole nitrogens is 1. The van der Waals surface area contributed by atoms with Crippen LogP contribution in [0.3, 0.4) is 0 Å². The van der Waals surface area contributed by atoms with E-state index in [1.54, 1.807) is 18.3 Å². The summed E-state index contributed by atoms with van der Waals surface area (Å²) in [6, 6.07) is 13.3. The van der Waals surface area contributed by atoms with E-state index in [-0.39, 0.29) is 16.9 Å². The first-order valence-corrected chi connectivity index (χ1v) is 11.2. The van der Waals surface area contributed by atoms with Gasteiger partial charge in [0.15, 0.2) is 5.82 Å². The fraction of sp³-hybridized carbons (Fsp3) is 0.320. The van der Waals surface area contributed by atoms with Gasteiger partial charge in [-0.15, -0.1) is 0 Å². The van der Waals surface area contributed by atoms with Crippen LogP contribution in [0, 0.1) is 5.82 Å². The Morgan fingerprint density at radius 1 is 1.09 bits per heavy atom. The summed E-state index contributed by atoms with van der Waals surface area (Å²) in [7, 11) is 1.51. The second kappa shape index (κ2) is 7.90. The number of halogens is 1. The maximum Gasteiger partial charge on any atom is 0.166 e. The average molecular weight is 445 g/mol. The summed E-state index contributed by atoms with van der Waals surface area (Å²) in [5, 5.41) is 7.48. The third-order valence-electron chi connectivity index (χ3n) is 6.76. The number of morpholine rings is 1. The maximum absolute atomic E-state index is 14.6. The van der Waals surface area contributed by atoms with E-state index in [2.05, 4.69) is 49.3 Å². The SMILES string of the molecule is COc1cccc(F)c1-c1ncc2[nH]nc(-c3ccc(C4(N5CCOCC5)CC4)cc3)c2n1. The first-order chi connectivity index (χ1) is 16.2. The quantitative estimate of drug-likeness (QED) is 0.497. The van der Waals surface area contributed by atoms with Crippen molar-refractivity contribution in [3.05, 3.63) is 60.0 Å². The van der Waals surface area contributed by atoms with Gasteiger partial charge in [-0.25, -0.2) is 14.4 Å². The second-order valence-electron chi connectivity index (χ2n) is 8.55. The Morgan fingerprint density at radius 2 is 1.88 bits per heavy atom. The molecule has 6 rings (SSSR count). The summed E-state index contributed by atoms with van der Waals surface area (Å²) in [5.74, 6) is 0.225. The number of aromatic amines is 1. The molecule has 8 heteroatoms. The monoisotopic (exact) mass is 445 g/mol. The van der Waals surface area contributed by atoms with Crippen LogP contribution in [0.4, 0.5) is 4.39 Å². The Hall–Kier alpha value is -3.36. The normalized spacial score (nSPS) is 17.9. The van der Waals surface area contributed by atoms with Crippen molar-refractivity contribution in [2.24, 2.45) is 0 Å². The zero-order valence-electron chi connectivity index (χ0n) is 18.3. The minimum absolute atomic E-state index is 0.146. The summed E-state index contributed by atoms with van der Waals surface area (Å²) in [6.07, 6.45) is 3.99. The number of methoxy groups -OCH3 is 1. The molecule has 1 N–H and O–H groups in total. The summed E-state index contributed by atoms with van der Waals surface area (Å²) >= 11 is 0. The van der Waals surface area contributed by atoms with Gasteiger partial charge in [0, 0.05) is 24.2 Å². The van der Waals surface area contributed by atoms with Crippen LogP contribution in [0.15, 0.2) is 48.7 Å². The number of nitrogens with zero attached hydrogens (tertiary/aromatic N) is 4. The summed E-state index contributed by atoms with van der Waals surface area (Å²) in [5.41, 5.74) is 4.73. The number of hydrogen-bond acceptors (Lipinski definition) is 6. The lowest BCUT2D eigenvalue weighted by molar-refractivity contribution is 0.00835. The third kappa shape index (κ3) is 3.37. The number of rotatable bonds is 5. The minimum Gasteiger partial charge on any atom is -0.496 e. The minimum atomic E-state index is -0.430. The Bertz CT molecular complexity index is 1310. The number of ether oxygens (including phenoxy) is 2. The fourth-order valence-electron chi connectivity index (χ4n) is 4.86. The smallest absolute Gasteiger partial charge is 0.166 e. The number of aromatic nitrogens is 4. The molecule has 3 heterocycles. The van der Waals surface area contributed by atoms with Gasteiger partial charge in [0.1, 0.15) is 28.3 Å². The van der Waals surface area contributed by atoms with Crippen molar-refractivity contribution in [2.45, 2.75) is 18.4 Å². The lowest BCUT2D eigenvalue weighted by Crippen LogP contribution is -2.43. The van der Waals surface area contributed by atoms with E-state index in [9.17, 15) is 4.39 Å². The Morgan fingerprint density at radius 3 is 2.61 bits per heavy atom. The molecule has 0 amide bonds. The molecule has 0 radical (unpaired) electrons. The molecule has 0 bridgehead atoms. The number of benzene rings is 2. The van der Waals surface area contributed by atoms with Gasteiger partial charge >= 0.3 is 0 Å². The van der Waals surface area contributed by atoms with Crippen molar-refractivity contribution in [1.82, 2.24) is 25.1 Å². The highest BCUT2D eigenvalue weighted by molar-refractivity contribution is 5.90. The molecule has 7 nitrogen and oxygen atoms in total. The standard InChI is InChI=1S/C25H24FN5O2/c1-32-20-4-2-3-18(26)21(20)24-27-15-19-23(28-24)22(30-29-19)16-5-7-17(8-6-16)25(9-10-25)31-11-13-33-14-12-31/h2-8,15H,9-14H2,1H3,(H,29,30). The lowest BCUT2D eigenvalue weighted by atomic mass is 9.99. The van der Waals surface area contributed by atoms with Gasteiger partial charge in [0.25, 0.3) is 0 Å². The molecule has 4 aromatic rings.